The second-order valence-corrected chi connectivity index (χ2v) is 5.76. The molecule has 3 rings (SSSR count). The van der Waals surface area contributed by atoms with Gasteiger partial charge in [-0.15, -0.1) is 0 Å². The van der Waals surface area contributed by atoms with Crippen molar-refractivity contribution in [2.75, 3.05) is 11.9 Å². The first kappa shape index (κ1) is 17.5. The molecule has 0 aliphatic carbocycles. The summed E-state index contributed by atoms with van der Waals surface area (Å²) in [6, 6.07) is 16.0. The van der Waals surface area contributed by atoms with E-state index in [9.17, 15) is 9.18 Å². The molecule has 132 valence electrons. The second-order valence-electron chi connectivity index (χ2n) is 5.76. The Morgan fingerprint density at radius 2 is 1.73 bits per heavy atom. The summed E-state index contributed by atoms with van der Waals surface area (Å²) in [5, 5.41) is 5.84. The molecule has 0 spiro atoms. The Bertz CT molecular complexity index is 836. The first-order valence-electron chi connectivity index (χ1n) is 8.37. The van der Waals surface area contributed by atoms with Crippen LogP contribution in [0.3, 0.4) is 0 Å². The SMILES string of the molecule is O=C(NCCCc1ccccc1)c1cnc(Nc2ccc(F)cc2)cn1. The lowest BCUT2D eigenvalue weighted by atomic mass is 10.1. The zero-order valence-electron chi connectivity index (χ0n) is 14.2. The molecular weight excluding hydrogens is 331 g/mol. The van der Waals surface area contributed by atoms with Gasteiger partial charge in [-0.25, -0.2) is 14.4 Å². The van der Waals surface area contributed by atoms with Crippen LogP contribution < -0.4 is 10.6 Å². The van der Waals surface area contributed by atoms with Gasteiger partial charge in [0.1, 0.15) is 17.3 Å². The predicted molar refractivity (Wildman–Crippen MR) is 98.8 cm³/mol. The predicted octanol–water partition coefficient (Wildman–Crippen LogP) is 3.72. The van der Waals surface area contributed by atoms with Crippen molar-refractivity contribution < 1.29 is 9.18 Å². The van der Waals surface area contributed by atoms with Crippen LogP contribution in [0.4, 0.5) is 15.9 Å². The smallest absolute Gasteiger partial charge is 0.271 e. The standard InChI is InChI=1S/C20H19FN4O/c21-16-8-10-17(11-9-16)25-19-14-23-18(13-24-19)20(26)22-12-4-7-15-5-2-1-3-6-15/h1-3,5-6,8-11,13-14H,4,7,12H2,(H,22,26)(H,24,25). The molecule has 0 aliphatic rings. The third kappa shape index (κ3) is 5.11. The van der Waals surface area contributed by atoms with Gasteiger partial charge in [0.05, 0.1) is 12.4 Å². The van der Waals surface area contributed by atoms with Crippen LogP contribution >= 0.6 is 0 Å². The van der Waals surface area contributed by atoms with Crippen molar-refractivity contribution in [2.24, 2.45) is 0 Å². The van der Waals surface area contributed by atoms with Gasteiger partial charge in [-0.3, -0.25) is 4.79 Å². The normalized spacial score (nSPS) is 10.3. The summed E-state index contributed by atoms with van der Waals surface area (Å²) in [5.74, 6) is -0.0722. The summed E-state index contributed by atoms with van der Waals surface area (Å²) in [4.78, 5) is 20.4. The molecule has 5 nitrogen and oxygen atoms in total. The van der Waals surface area contributed by atoms with Crippen molar-refractivity contribution in [1.29, 1.82) is 0 Å². The number of carbonyl (C=O) groups excluding carboxylic acids is 1. The highest BCUT2D eigenvalue weighted by molar-refractivity contribution is 5.92. The van der Waals surface area contributed by atoms with Crippen LogP contribution in [0.1, 0.15) is 22.5 Å². The maximum absolute atomic E-state index is 12.9. The number of hydrogen-bond acceptors (Lipinski definition) is 4. The van der Waals surface area contributed by atoms with Crippen molar-refractivity contribution in [3.63, 3.8) is 0 Å². The zero-order valence-corrected chi connectivity index (χ0v) is 14.2. The third-order valence-electron chi connectivity index (χ3n) is 3.77. The van der Waals surface area contributed by atoms with E-state index >= 15 is 0 Å². The van der Waals surface area contributed by atoms with Gasteiger partial charge in [0.15, 0.2) is 0 Å². The van der Waals surface area contributed by atoms with E-state index < -0.39 is 0 Å². The summed E-state index contributed by atoms with van der Waals surface area (Å²) in [6.45, 7) is 0.574. The van der Waals surface area contributed by atoms with Crippen LogP contribution in [0.2, 0.25) is 0 Å². The van der Waals surface area contributed by atoms with Gasteiger partial charge in [-0.05, 0) is 42.7 Å². The topological polar surface area (TPSA) is 66.9 Å². The van der Waals surface area contributed by atoms with Crippen LogP contribution in [-0.2, 0) is 6.42 Å². The number of amides is 1. The van der Waals surface area contributed by atoms with Gasteiger partial charge in [0.25, 0.3) is 5.91 Å². The number of carbonyl (C=O) groups is 1. The van der Waals surface area contributed by atoms with Gasteiger partial charge in [0.2, 0.25) is 0 Å². The number of aryl methyl sites for hydroxylation is 1. The molecule has 2 aromatic carbocycles. The average molecular weight is 350 g/mol. The molecule has 0 atom stereocenters. The van der Waals surface area contributed by atoms with E-state index in [0.29, 0.717) is 18.1 Å². The minimum Gasteiger partial charge on any atom is -0.351 e. The highest BCUT2D eigenvalue weighted by atomic mass is 19.1. The van der Waals surface area contributed by atoms with E-state index in [1.807, 2.05) is 18.2 Å². The summed E-state index contributed by atoms with van der Waals surface area (Å²) in [6.07, 6.45) is 4.65. The Morgan fingerprint density at radius 1 is 0.962 bits per heavy atom. The second kappa shape index (κ2) is 8.71. The minimum atomic E-state index is -0.305. The van der Waals surface area contributed by atoms with E-state index in [1.54, 1.807) is 12.1 Å². The lowest BCUT2D eigenvalue weighted by molar-refractivity contribution is 0.0948. The van der Waals surface area contributed by atoms with Crippen molar-refractivity contribution >= 4 is 17.4 Å². The number of benzene rings is 2. The maximum Gasteiger partial charge on any atom is 0.271 e. The van der Waals surface area contributed by atoms with Gasteiger partial charge in [0, 0.05) is 12.2 Å². The Hall–Kier alpha value is -3.28. The number of aromatic nitrogens is 2. The molecule has 2 N–H and O–H groups in total. The molecule has 6 heteroatoms. The largest absolute Gasteiger partial charge is 0.351 e. The zero-order chi connectivity index (χ0) is 18.2. The van der Waals surface area contributed by atoms with Crippen molar-refractivity contribution in [3.8, 4) is 0 Å². The lowest BCUT2D eigenvalue weighted by Crippen LogP contribution is -2.25. The van der Waals surface area contributed by atoms with Gasteiger partial charge in [-0.1, -0.05) is 30.3 Å². The molecule has 0 aliphatic heterocycles. The molecular formula is C20H19FN4O. The van der Waals surface area contributed by atoms with Gasteiger partial charge < -0.3 is 10.6 Å². The number of hydrogen-bond donors (Lipinski definition) is 2. The molecule has 0 unspecified atom stereocenters. The Balaban J connectivity index is 1.46. The van der Waals surface area contributed by atoms with E-state index in [1.165, 1.54) is 30.1 Å². The van der Waals surface area contributed by atoms with E-state index in [-0.39, 0.29) is 17.4 Å². The molecule has 0 saturated carbocycles. The van der Waals surface area contributed by atoms with Gasteiger partial charge >= 0.3 is 0 Å². The summed E-state index contributed by atoms with van der Waals surface area (Å²) in [5.41, 5.74) is 2.20. The van der Waals surface area contributed by atoms with Crippen molar-refractivity contribution in [1.82, 2.24) is 15.3 Å². The van der Waals surface area contributed by atoms with E-state index in [4.69, 9.17) is 0 Å². The molecule has 26 heavy (non-hydrogen) atoms. The maximum atomic E-state index is 12.9. The molecule has 1 amide bonds. The number of halogens is 1. The number of nitrogens with zero attached hydrogens (tertiary/aromatic N) is 2. The van der Waals surface area contributed by atoms with Gasteiger partial charge in [-0.2, -0.15) is 0 Å². The molecule has 0 radical (unpaired) electrons. The molecule has 0 bridgehead atoms. The average Bonchev–Trinajstić information content (AvgIpc) is 2.68. The first-order valence-corrected chi connectivity index (χ1v) is 8.37. The summed E-state index contributed by atoms with van der Waals surface area (Å²) >= 11 is 0. The Morgan fingerprint density at radius 3 is 2.42 bits per heavy atom. The lowest BCUT2D eigenvalue weighted by Gasteiger charge is -2.07. The minimum absolute atomic E-state index is 0.251. The summed E-state index contributed by atoms with van der Waals surface area (Å²) in [7, 11) is 0. The number of anilines is 2. The molecule has 1 aromatic heterocycles. The quantitative estimate of drug-likeness (QED) is 0.637. The van der Waals surface area contributed by atoms with E-state index in [0.717, 1.165) is 12.8 Å². The van der Waals surface area contributed by atoms with Crippen LogP contribution in [-0.4, -0.2) is 22.4 Å². The number of nitrogens with one attached hydrogen (secondary N) is 2. The van der Waals surface area contributed by atoms with Crippen LogP contribution in [0, 0.1) is 5.82 Å². The highest BCUT2D eigenvalue weighted by Gasteiger charge is 2.07. The molecule has 0 saturated heterocycles. The van der Waals surface area contributed by atoms with Crippen LogP contribution in [0.5, 0.6) is 0 Å². The van der Waals surface area contributed by atoms with Crippen molar-refractivity contribution in [2.45, 2.75) is 12.8 Å². The fourth-order valence-electron chi connectivity index (χ4n) is 2.42. The fourth-order valence-corrected chi connectivity index (χ4v) is 2.42. The molecule has 3 aromatic rings. The fraction of sp³-hybridized carbons (Fsp3) is 0.150. The molecule has 1 heterocycles. The monoisotopic (exact) mass is 350 g/mol. The summed E-state index contributed by atoms with van der Waals surface area (Å²) < 4.78 is 12.9. The van der Waals surface area contributed by atoms with Crippen LogP contribution in [0.15, 0.2) is 67.0 Å². The third-order valence-corrected chi connectivity index (χ3v) is 3.77. The first-order chi connectivity index (χ1) is 12.7. The van der Waals surface area contributed by atoms with E-state index in [2.05, 4.69) is 32.7 Å². The van der Waals surface area contributed by atoms with Crippen molar-refractivity contribution in [3.05, 3.63) is 84.1 Å². The Labute approximate surface area is 151 Å². The molecule has 0 fully saturated rings. The van der Waals surface area contributed by atoms with Crippen LogP contribution in [0.25, 0.3) is 0 Å². The highest BCUT2D eigenvalue weighted by Crippen LogP contribution is 2.14. The Kier molecular flexibility index (Phi) is 5.88. The number of rotatable bonds is 7.